The summed E-state index contributed by atoms with van der Waals surface area (Å²) < 4.78 is 2.06. The molecule has 0 aromatic rings. The van der Waals surface area contributed by atoms with E-state index >= 15 is 0 Å². The molecule has 0 spiro atoms. The Hall–Kier alpha value is -0.00558. The number of hydrogen-bond acceptors (Lipinski definition) is 1. The van der Waals surface area contributed by atoms with Gasteiger partial charge in [-0.1, -0.05) is 0 Å². The van der Waals surface area contributed by atoms with Gasteiger partial charge < -0.3 is 0 Å². The summed E-state index contributed by atoms with van der Waals surface area (Å²) in [5, 5.41) is 0. The van der Waals surface area contributed by atoms with Crippen LogP contribution in [-0.4, -0.2) is 22.2 Å². The van der Waals surface area contributed by atoms with Crippen molar-refractivity contribution in [3.63, 3.8) is 0 Å². The van der Waals surface area contributed by atoms with Crippen molar-refractivity contribution in [2.24, 2.45) is 0 Å². The summed E-state index contributed by atoms with van der Waals surface area (Å²) in [6.07, 6.45) is 1.87. The van der Waals surface area contributed by atoms with Gasteiger partial charge in [0.05, 0.1) is 0 Å². The average Bonchev–Trinajstić information content (AvgIpc) is 1.82. The van der Waals surface area contributed by atoms with Crippen LogP contribution in [0.15, 0.2) is 12.8 Å². The van der Waals surface area contributed by atoms with Crippen LogP contribution in [0.3, 0.4) is 0 Å². The molecule has 9 heavy (non-hydrogen) atoms. The summed E-state index contributed by atoms with van der Waals surface area (Å²) >= 11 is 2.45. The van der Waals surface area contributed by atoms with E-state index in [0.717, 1.165) is 6.54 Å². The first-order chi connectivity index (χ1) is 4.22. The third kappa shape index (κ3) is 3.55. The van der Waals surface area contributed by atoms with E-state index in [-0.39, 0.29) is 0 Å². The molecule has 0 bridgehead atoms. The topological polar surface area (TPSA) is 3.24 Å². The van der Waals surface area contributed by atoms with Gasteiger partial charge in [0, 0.05) is 0 Å². The molecule has 0 atom stereocenters. The molecule has 0 aromatic heterocycles. The second-order valence-corrected chi connectivity index (χ2v) is 2.73. The van der Waals surface area contributed by atoms with Crippen LogP contribution in [0.5, 0.6) is 0 Å². The number of hydrogen-bond donors (Lipinski definition) is 0. The van der Waals surface area contributed by atoms with Gasteiger partial charge in [0.15, 0.2) is 0 Å². The minimum atomic E-state index is 0.558. The molecular weight excluding hydrogens is 149 g/mol. The second kappa shape index (κ2) is 4.83. The average molecular weight is 162 g/mol. The Morgan fingerprint density at radius 3 is 2.33 bits per heavy atom. The molecule has 0 saturated carbocycles. The molecule has 0 aliphatic rings. The van der Waals surface area contributed by atoms with Crippen molar-refractivity contribution in [3.8, 4) is 0 Å². The van der Waals surface area contributed by atoms with Crippen molar-refractivity contribution >= 4 is 4.73 Å². The van der Waals surface area contributed by atoms with Gasteiger partial charge in [0.25, 0.3) is 0 Å². The summed E-state index contributed by atoms with van der Waals surface area (Å²) in [5.74, 6) is 0. The van der Waals surface area contributed by atoms with Gasteiger partial charge in [-0.25, -0.2) is 0 Å². The van der Waals surface area contributed by atoms with Gasteiger partial charge >= 0.3 is 65.8 Å². The predicted molar refractivity (Wildman–Crippen MR) is 38.1 cm³/mol. The summed E-state index contributed by atoms with van der Waals surface area (Å²) in [7, 11) is 0. The van der Waals surface area contributed by atoms with Gasteiger partial charge in [-0.3, -0.25) is 0 Å². The zero-order valence-electron chi connectivity index (χ0n) is 6.04. The molecule has 1 nitrogen and oxygen atoms in total. The van der Waals surface area contributed by atoms with Gasteiger partial charge in [-0.15, -0.1) is 0 Å². The van der Waals surface area contributed by atoms with Crippen LogP contribution < -0.4 is 0 Å². The normalized spacial score (nSPS) is 9.11. The molecule has 0 aromatic carbocycles. The van der Waals surface area contributed by atoms with Crippen molar-refractivity contribution in [3.05, 3.63) is 12.8 Å². The third-order valence-electron chi connectivity index (χ3n) is 1.19. The summed E-state index contributed by atoms with van der Waals surface area (Å²) in [6, 6.07) is 0.558. The summed E-state index contributed by atoms with van der Waals surface area (Å²) in [6.45, 7) is 8.98. The molecule has 0 radical (unpaired) electrons. The Bertz CT molecular complexity index is 99.1. The van der Waals surface area contributed by atoms with E-state index < -0.39 is 0 Å². The van der Waals surface area contributed by atoms with E-state index in [9.17, 15) is 0 Å². The quantitative estimate of drug-likeness (QED) is 0.600. The summed E-state index contributed by atoms with van der Waals surface area (Å²) in [4.78, 5) is 2.16. The van der Waals surface area contributed by atoms with Crippen LogP contribution in [0.1, 0.15) is 13.8 Å². The molecule has 0 amide bonds. The van der Waals surface area contributed by atoms with Crippen molar-refractivity contribution < 1.29 is 17.0 Å². The van der Waals surface area contributed by atoms with Crippen LogP contribution in [0.2, 0.25) is 0 Å². The van der Waals surface area contributed by atoms with Crippen LogP contribution in [0.25, 0.3) is 0 Å². The Morgan fingerprint density at radius 1 is 1.67 bits per heavy atom. The zero-order valence-corrected chi connectivity index (χ0v) is 7.44. The molecule has 0 N–H and O–H groups in total. The van der Waals surface area contributed by atoms with Crippen molar-refractivity contribution in [1.82, 2.24) is 4.90 Å². The van der Waals surface area contributed by atoms with Crippen LogP contribution in [-0.2, 0) is 17.0 Å². The molecule has 0 rings (SSSR count). The second-order valence-electron chi connectivity index (χ2n) is 2.16. The fraction of sp³-hybridized carbons (Fsp3) is 0.571. The SMILES string of the molecule is C=CN(C[CH]=[V])C(C)C. The first-order valence-corrected chi connectivity index (χ1v) is 3.87. The van der Waals surface area contributed by atoms with Crippen molar-refractivity contribution in [2.75, 3.05) is 6.54 Å². The van der Waals surface area contributed by atoms with E-state index in [1.165, 1.54) is 0 Å². The number of rotatable bonds is 4. The molecule has 2 heteroatoms. The molecule has 0 aliphatic carbocycles. The van der Waals surface area contributed by atoms with E-state index in [4.69, 9.17) is 0 Å². The Kier molecular flexibility index (Phi) is 4.83. The standard InChI is InChI=1S/C7H13N.V/c1-5-8(6-2)7(3)4;/h1,6-7H,2,5H2,3-4H3;. The Labute approximate surface area is 66.2 Å². The molecule has 0 saturated heterocycles. The molecular formula is C7H13NV. The van der Waals surface area contributed by atoms with E-state index in [0.29, 0.717) is 6.04 Å². The molecule has 0 aliphatic heterocycles. The summed E-state index contributed by atoms with van der Waals surface area (Å²) in [5.41, 5.74) is 0. The molecule has 0 heterocycles. The van der Waals surface area contributed by atoms with Gasteiger partial charge in [0.2, 0.25) is 0 Å². The minimum absolute atomic E-state index is 0.558. The fourth-order valence-electron chi connectivity index (χ4n) is 0.590. The van der Waals surface area contributed by atoms with E-state index in [2.05, 4.69) is 47.0 Å². The predicted octanol–water partition coefficient (Wildman–Crippen LogP) is 1.19. The van der Waals surface area contributed by atoms with E-state index in [1.807, 2.05) is 6.20 Å². The molecule has 0 unspecified atom stereocenters. The first-order valence-electron chi connectivity index (χ1n) is 3.06. The van der Waals surface area contributed by atoms with Crippen LogP contribution in [0.4, 0.5) is 0 Å². The maximum atomic E-state index is 3.70. The monoisotopic (exact) mass is 162 g/mol. The maximum absolute atomic E-state index is 3.70. The third-order valence-corrected chi connectivity index (χ3v) is 1.45. The van der Waals surface area contributed by atoms with Crippen LogP contribution >= 0.6 is 0 Å². The van der Waals surface area contributed by atoms with Crippen LogP contribution in [0, 0.1) is 0 Å². The fourth-order valence-corrected chi connectivity index (χ4v) is 0.885. The van der Waals surface area contributed by atoms with Gasteiger partial charge in [-0.05, 0) is 0 Å². The van der Waals surface area contributed by atoms with Gasteiger partial charge in [0.1, 0.15) is 0 Å². The Balaban J connectivity index is 3.66. The van der Waals surface area contributed by atoms with E-state index in [1.54, 1.807) is 0 Å². The Morgan fingerprint density at radius 2 is 2.22 bits per heavy atom. The van der Waals surface area contributed by atoms with Gasteiger partial charge in [-0.2, -0.15) is 0 Å². The molecule has 51 valence electrons. The number of nitrogens with zero attached hydrogens (tertiary/aromatic N) is 1. The van der Waals surface area contributed by atoms with Crippen molar-refractivity contribution in [2.45, 2.75) is 19.9 Å². The molecule has 0 fully saturated rings. The zero-order chi connectivity index (χ0) is 7.28. The first kappa shape index (κ1) is 8.99. The van der Waals surface area contributed by atoms with Crippen molar-refractivity contribution in [1.29, 1.82) is 0 Å².